The van der Waals surface area contributed by atoms with Crippen LogP contribution in [0.25, 0.3) is 11.3 Å². The van der Waals surface area contributed by atoms with Crippen LogP contribution in [-0.4, -0.2) is 27.8 Å². The molecule has 0 aliphatic carbocycles. The zero-order valence-electron chi connectivity index (χ0n) is 16.0. The Balaban J connectivity index is 1.86. The number of rotatable bonds is 5. The zero-order valence-corrected chi connectivity index (χ0v) is 16.0. The molecule has 156 valence electrons. The number of nitrogens with zero attached hydrogens (tertiary/aromatic N) is 3. The van der Waals surface area contributed by atoms with E-state index in [0.717, 1.165) is 16.9 Å². The van der Waals surface area contributed by atoms with E-state index in [2.05, 4.69) is 15.4 Å². The Morgan fingerprint density at radius 2 is 1.93 bits per heavy atom. The fraction of sp³-hybridized carbons (Fsp3) is 0.200. The third kappa shape index (κ3) is 4.65. The van der Waals surface area contributed by atoms with Crippen molar-refractivity contribution in [3.8, 4) is 17.0 Å². The van der Waals surface area contributed by atoms with Gasteiger partial charge in [0.15, 0.2) is 0 Å². The van der Waals surface area contributed by atoms with Crippen LogP contribution in [0.4, 0.5) is 19.0 Å². The maximum absolute atomic E-state index is 12.8. The average Bonchev–Trinajstić information content (AvgIpc) is 2.73. The molecule has 0 aliphatic rings. The zero-order chi connectivity index (χ0) is 21.9. The monoisotopic (exact) mass is 418 g/mol. The number of halogens is 3. The van der Waals surface area contributed by atoms with Crippen LogP contribution >= 0.6 is 0 Å². The molecule has 0 spiro atoms. The van der Waals surface area contributed by atoms with Gasteiger partial charge in [-0.05, 0) is 37.3 Å². The van der Waals surface area contributed by atoms with Gasteiger partial charge in [-0.3, -0.25) is 9.59 Å². The van der Waals surface area contributed by atoms with Crippen molar-refractivity contribution in [2.45, 2.75) is 19.1 Å². The predicted molar refractivity (Wildman–Crippen MR) is 103 cm³/mol. The number of alkyl halides is 3. The van der Waals surface area contributed by atoms with Crippen LogP contribution in [0.5, 0.6) is 5.75 Å². The predicted octanol–water partition coefficient (Wildman–Crippen LogP) is 3.53. The molecule has 10 heteroatoms. The van der Waals surface area contributed by atoms with Crippen molar-refractivity contribution in [2.75, 3.05) is 12.4 Å². The molecule has 1 amide bonds. The number of hydrogen-bond donors (Lipinski definition) is 1. The van der Waals surface area contributed by atoms with E-state index < -0.39 is 29.2 Å². The normalized spacial score (nSPS) is 12.3. The molecule has 0 aliphatic heterocycles. The van der Waals surface area contributed by atoms with Gasteiger partial charge in [0.05, 0.1) is 18.4 Å². The highest BCUT2D eigenvalue weighted by Gasteiger charge is 2.31. The highest BCUT2D eigenvalue weighted by Crippen LogP contribution is 2.30. The first-order chi connectivity index (χ1) is 14.2. The summed E-state index contributed by atoms with van der Waals surface area (Å²) in [7, 11) is 1.52. The van der Waals surface area contributed by atoms with Crippen molar-refractivity contribution in [1.82, 2.24) is 14.8 Å². The number of benzene rings is 1. The molecule has 2 heterocycles. The second-order valence-electron chi connectivity index (χ2n) is 6.33. The lowest BCUT2D eigenvalue weighted by molar-refractivity contribution is -0.137. The van der Waals surface area contributed by atoms with E-state index in [0.29, 0.717) is 23.1 Å². The molecule has 0 saturated heterocycles. The summed E-state index contributed by atoms with van der Waals surface area (Å²) in [5.41, 5.74) is -0.405. The van der Waals surface area contributed by atoms with E-state index in [1.165, 1.54) is 26.2 Å². The number of aromatic nitrogens is 3. The number of carbonyl (C=O) groups is 1. The summed E-state index contributed by atoms with van der Waals surface area (Å²) in [6, 6.07) is 10.2. The van der Waals surface area contributed by atoms with Crippen molar-refractivity contribution < 1.29 is 22.7 Å². The van der Waals surface area contributed by atoms with Crippen molar-refractivity contribution in [2.24, 2.45) is 0 Å². The molecule has 1 N–H and O–H groups in total. The highest BCUT2D eigenvalue weighted by molar-refractivity contribution is 5.92. The topological polar surface area (TPSA) is 86.1 Å². The number of ether oxygens (including phenoxy) is 1. The first-order valence-electron chi connectivity index (χ1n) is 8.77. The second-order valence-corrected chi connectivity index (χ2v) is 6.33. The van der Waals surface area contributed by atoms with E-state index in [-0.39, 0.29) is 5.82 Å². The van der Waals surface area contributed by atoms with Gasteiger partial charge in [-0.25, -0.2) is 9.67 Å². The van der Waals surface area contributed by atoms with Gasteiger partial charge in [0.25, 0.3) is 5.56 Å². The van der Waals surface area contributed by atoms with Crippen LogP contribution in [0, 0.1) is 0 Å². The molecule has 1 atom stereocenters. The molecule has 3 aromatic rings. The van der Waals surface area contributed by atoms with E-state index in [4.69, 9.17) is 4.74 Å². The molecule has 0 fully saturated rings. The lowest BCUT2D eigenvalue weighted by Crippen LogP contribution is -2.33. The molecule has 1 unspecified atom stereocenters. The van der Waals surface area contributed by atoms with Crippen molar-refractivity contribution in [3.63, 3.8) is 0 Å². The molecule has 7 nitrogen and oxygen atoms in total. The van der Waals surface area contributed by atoms with Crippen molar-refractivity contribution in [1.29, 1.82) is 0 Å². The molecule has 2 aromatic heterocycles. The SMILES string of the molecule is COc1cccc(-c2ccc(=O)n(C(C)C(=O)Nc3cc(C(F)(F)F)ccn3)n2)c1. The Hall–Kier alpha value is -3.69. The summed E-state index contributed by atoms with van der Waals surface area (Å²) >= 11 is 0. The van der Waals surface area contributed by atoms with Gasteiger partial charge in [-0.15, -0.1) is 0 Å². The van der Waals surface area contributed by atoms with Crippen LogP contribution in [0.1, 0.15) is 18.5 Å². The molecular weight excluding hydrogens is 401 g/mol. The minimum Gasteiger partial charge on any atom is -0.497 e. The third-order valence-electron chi connectivity index (χ3n) is 4.28. The van der Waals surface area contributed by atoms with Crippen LogP contribution < -0.4 is 15.6 Å². The second kappa shape index (κ2) is 8.36. The fourth-order valence-electron chi connectivity index (χ4n) is 2.66. The van der Waals surface area contributed by atoms with Gasteiger partial charge in [0.2, 0.25) is 5.91 Å². The van der Waals surface area contributed by atoms with Gasteiger partial charge in [-0.1, -0.05) is 12.1 Å². The van der Waals surface area contributed by atoms with Crippen molar-refractivity contribution >= 4 is 11.7 Å². The molecular formula is C20H17F3N4O3. The Labute approximate surface area is 169 Å². The van der Waals surface area contributed by atoms with Gasteiger partial charge in [0.1, 0.15) is 17.6 Å². The molecule has 0 bridgehead atoms. The molecule has 0 radical (unpaired) electrons. The Morgan fingerprint density at radius 1 is 1.17 bits per heavy atom. The number of pyridine rings is 1. The molecule has 1 aromatic carbocycles. The van der Waals surface area contributed by atoms with Gasteiger partial charge in [-0.2, -0.15) is 18.3 Å². The summed E-state index contributed by atoms with van der Waals surface area (Å²) in [6.45, 7) is 1.41. The first kappa shape index (κ1) is 21.0. The van der Waals surface area contributed by atoms with Gasteiger partial charge in [0, 0.05) is 17.8 Å². The summed E-state index contributed by atoms with van der Waals surface area (Å²) in [6.07, 6.45) is -3.63. The minimum atomic E-state index is -4.57. The van der Waals surface area contributed by atoms with E-state index in [9.17, 15) is 22.8 Å². The Kier molecular flexibility index (Phi) is 5.86. The first-order valence-corrected chi connectivity index (χ1v) is 8.77. The smallest absolute Gasteiger partial charge is 0.416 e. The Morgan fingerprint density at radius 3 is 2.63 bits per heavy atom. The average molecular weight is 418 g/mol. The fourth-order valence-corrected chi connectivity index (χ4v) is 2.66. The summed E-state index contributed by atoms with van der Waals surface area (Å²) in [5, 5.41) is 6.51. The van der Waals surface area contributed by atoms with Crippen LogP contribution in [0.3, 0.4) is 0 Å². The minimum absolute atomic E-state index is 0.279. The summed E-state index contributed by atoms with van der Waals surface area (Å²) in [4.78, 5) is 28.5. The largest absolute Gasteiger partial charge is 0.497 e. The number of nitrogens with one attached hydrogen (secondary N) is 1. The van der Waals surface area contributed by atoms with Gasteiger partial charge >= 0.3 is 6.18 Å². The molecule has 0 saturated carbocycles. The number of hydrogen-bond acceptors (Lipinski definition) is 5. The molecule has 3 rings (SSSR count). The number of methoxy groups -OCH3 is 1. The van der Waals surface area contributed by atoms with Crippen LogP contribution in [0.15, 0.2) is 59.5 Å². The number of anilines is 1. The quantitative estimate of drug-likeness (QED) is 0.685. The van der Waals surface area contributed by atoms with E-state index >= 15 is 0 Å². The Bertz CT molecular complexity index is 1130. The summed E-state index contributed by atoms with van der Waals surface area (Å²) in [5.74, 6) is -0.425. The number of amides is 1. The van der Waals surface area contributed by atoms with E-state index in [1.54, 1.807) is 24.3 Å². The highest BCUT2D eigenvalue weighted by atomic mass is 19.4. The lowest BCUT2D eigenvalue weighted by Gasteiger charge is -2.15. The summed E-state index contributed by atoms with van der Waals surface area (Å²) < 4.78 is 44.6. The van der Waals surface area contributed by atoms with Crippen LogP contribution in [-0.2, 0) is 11.0 Å². The van der Waals surface area contributed by atoms with E-state index in [1.807, 2.05) is 0 Å². The lowest BCUT2D eigenvalue weighted by atomic mass is 10.1. The number of carbonyl (C=O) groups excluding carboxylic acids is 1. The van der Waals surface area contributed by atoms with Crippen LogP contribution in [0.2, 0.25) is 0 Å². The maximum atomic E-state index is 12.8. The maximum Gasteiger partial charge on any atom is 0.416 e. The molecule has 30 heavy (non-hydrogen) atoms. The van der Waals surface area contributed by atoms with Crippen molar-refractivity contribution in [3.05, 3.63) is 70.6 Å². The standard InChI is InChI=1S/C20H17F3N4O3/c1-12(19(29)25-17-11-14(8-9-24-17)20(21,22)23)27-18(28)7-6-16(26-27)13-4-3-5-15(10-13)30-2/h3-12H,1-2H3,(H,24,25,29). The van der Waals surface area contributed by atoms with Gasteiger partial charge < -0.3 is 10.1 Å². The third-order valence-corrected chi connectivity index (χ3v) is 4.28.